The molecule has 1 amide bonds. The number of piperidine rings is 1. The lowest BCUT2D eigenvalue weighted by molar-refractivity contribution is -0.143. The highest BCUT2D eigenvalue weighted by Gasteiger charge is 2.42. The van der Waals surface area contributed by atoms with Crippen molar-refractivity contribution in [1.29, 1.82) is 0 Å². The van der Waals surface area contributed by atoms with E-state index in [0.717, 1.165) is 22.9 Å². The number of rotatable bonds is 1. The molecule has 9 heteroatoms. The summed E-state index contributed by atoms with van der Waals surface area (Å²) in [5, 5.41) is 3.97. The highest BCUT2D eigenvalue weighted by Crippen LogP contribution is 2.42. The van der Waals surface area contributed by atoms with Crippen molar-refractivity contribution in [3.63, 3.8) is 0 Å². The molecule has 0 spiro atoms. The van der Waals surface area contributed by atoms with Crippen molar-refractivity contribution in [2.45, 2.75) is 64.7 Å². The minimum atomic E-state index is -4.69. The average molecular weight is 477 g/mol. The zero-order valence-electron chi connectivity index (χ0n) is 18.6. The molecule has 0 radical (unpaired) electrons. The van der Waals surface area contributed by atoms with Gasteiger partial charge in [0.2, 0.25) is 0 Å². The molecule has 2 aromatic heterocycles. The summed E-state index contributed by atoms with van der Waals surface area (Å²) in [5.41, 5.74) is 0.695. The fourth-order valence-electron chi connectivity index (χ4n) is 5.62. The zero-order valence-corrected chi connectivity index (χ0v) is 19.3. The van der Waals surface area contributed by atoms with Gasteiger partial charge >= 0.3 is 6.18 Å². The first-order chi connectivity index (χ1) is 15.6. The van der Waals surface area contributed by atoms with E-state index in [4.69, 9.17) is 11.6 Å². The molecule has 1 aromatic carbocycles. The van der Waals surface area contributed by atoms with Crippen LogP contribution in [0.15, 0.2) is 24.3 Å². The molecular formula is C24H24ClF3N4O. The van der Waals surface area contributed by atoms with E-state index >= 15 is 0 Å². The van der Waals surface area contributed by atoms with Gasteiger partial charge in [0.15, 0.2) is 17.0 Å². The molecule has 0 N–H and O–H groups in total. The minimum Gasteiger partial charge on any atom is -0.332 e. The van der Waals surface area contributed by atoms with Gasteiger partial charge in [0.1, 0.15) is 5.02 Å². The Morgan fingerprint density at radius 1 is 1.09 bits per heavy atom. The third-order valence-corrected chi connectivity index (χ3v) is 7.21. The predicted octanol–water partition coefficient (Wildman–Crippen LogP) is 5.82. The van der Waals surface area contributed by atoms with E-state index in [1.165, 1.54) is 0 Å². The lowest BCUT2D eigenvalue weighted by atomic mass is 9.88. The Morgan fingerprint density at radius 3 is 2.42 bits per heavy atom. The number of fused-ring (bicyclic) bond motifs is 4. The third kappa shape index (κ3) is 3.50. The first-order valence-electron chi connectivity index (χ1n) is 11.2. The van der Waals surface area contributed by atoms with Gasteiger partial charge < -0.3 is 4.90 Å². The average Bonchev–Trinajstić information content (AvgIpc) is 3.06. The number of aryl methyl sites for hydroxylation is 1. The van der Waals surface area contributed by atoms with Gasteiger partial charge in [-0.1, -0.05) is 42.8 Å². The van der Waals surface area contributed by atoms with Crippen LogP contribution >= 0.6 is 11.6 Å². The molecule has 0 saturated carbocycles. The Kier molecular flexibility index (Phi) is 5.19. The number of likely N-dealkylation sites (tertiary alicyclic amines) is 1. The molecule has 0 bridgehead atoms. The van der Waals surface area contributed by atoms with Gasteiger partial charge in [-0.3, -0.25) is 4.79 Å². The van der Waals surface area contributed by atoms with Crippen LogP contribution in [-0.4, -0.2) is 37.5 Å². The number of halogens is 4. The molecule has 1 aliphatic heterocycles. The maximum Gasteiger partial charge on any atom is 0.433 e. The second kappa shape index (κ2) is 7.72. The maximum absolute atomic E-state index is 14.3. The summed E-state index contributed by atoms with van der Waals surface area (Å²) in [4.78, 5) is 19.7. The lowest BCUT2D eigenvalue weighted by Gasteiger charge is -2.41. The van der Waals surface area contributed by atoms with Crippen LogP contribution < -0.4 is 0 Å². The zero-order chi connectivity index (χ0) is 23.7. The number of carbonyl (C=O) groups excluding carboxylic acids is 1. The predicted molar refractivity (Wildman–Crippen MR) is 119 cm³/mol. The van der Waals surface area contributed by atoms with Gasteiger partial charge in [-0.2, -0.15) is 18.3 Å². The fourth-order valence-corrected chi connectivity index (χ4v) is 5.86. The molecule has 1 fully saturated rings. The second-order valence-electron chi connectivity index (χ2n) is 9.33. The topological polar surface area (TPSA) is 50.5 Å². The number of carbonyl (C=O) groups is 1. The van der Waals surface area contributed by atoms with Crippen molar-refractivity contribution < 1.29 is 18.0 Å². The van der Waals surface area contributed by atoms with Crippen LogP contribution in [0.2, 0.25) is 5.02 Å². The normalized spacial score (nSPS) is 22.9. The smallest absolute Gasteiger partial charge is 0.332 e. The van der Waals surface area contributed by atoms with Crippen molar-refractivity contribution >= 4 is 23.2 Å². The third-order valence-electron chi connectivity index (χ3n) is 6.87. The van der Waals surface area contributed by atoms with Gasteiger partial charge in [0.25, 0.3) is 5.91 Å². The number of benzene rings is 1. The molecule has 0 unspecified atom stereocenters. The number of hydrogen-bond acceptors (Lipinski definition) is 3. The second-order valence-corrected chi connectivity index (χ2v) is 9.71. The summed E-state index contributed by atoms with van der Waals surface area (Å²) in [5.74, 6) is 0.00442. The highest BCUT2D eigenvalue weighted by molar-refractivity contribution is 6.36. The van der Waals surface area contributed by atoms with Crippen LogP contribution in [-0.2, 0) is 19.0 Å². The van der Waals surface area contributed by atoms with Crippen molar-refractivity contribution in [3.8, 4) is 11.3 Å². The van der Waals surface area contributed by atoms with Gasteiger partial charge in [-0.15, -0.1) is 0 Å². The molecule has 3 heterocycles. The van der Waals surface area contributed by atoms with Gasteiger partial charge in [-0.05, 0) is 51.0 Å². The first kappa shape index (κ1) is 22.2. The Bertz CT molecular complexity index is 1260. The Labute approximate surface area is 194 Å². The van der Waals surface area contributed by atoms with Crippen molar-refractivity contribution in [3.05, 3.63) is 51.8 Å². The standard InChI is InChI=1S/C24H24ClF3N4O/c1-12-10-13(2)31(14(3)11-12)23(33)20-18(25)22-29-19-16-7-5-4-6-15(16)8-9-17(19)21(24(26,27)28)32(22)30-20/h4-7,12-14H,8-11H2,1-3H3/t13-,14-/m0/s1. The van der Waals surface area contributed by atoms with E-state index < -0.39 is 17.8 Å². The van der Waals surface area contributed by atoms with Crippen LogP contribution in [0.5, 0.6) is 0 Å². The van der Waals surface area contributed by atoms with Crippen molar-refractivity contribution in [2.75, 3.05) is 0 Å². The number of alkyl halides is 3. The summed E-state index contributed by atoms with van der Waals surface area (Å²) < 4.78 is 43.7. The molecule has 174 valence electrons. The molecular weight excluding hydrogens is 453 g/mol. The number of hydrogen-bond donors (Lipinski definition) is 0. The molecule has 5 rings (SSSR count). The van der Waals surface area contributed by atoms with Gasteiger partial charge in [0, 0.05) is 23.2 Å². The van der Waals surface area contributed by atoms with Gasteiger partial charge in [0.05, 0.1) is 5.69 Å². The van der Waals surface area contributed by atoms with Crippen LogP contribution in [0.1, 0.15) is 60.9 Å². The van der Waals surface area contributed by atoms with E-state index in [9.17, 15) is 18.0 Å². The molecule has 1 aliphatic carbocycles. The maximum atomic E-state index is 14.3. The molecule has 1 saturated heterocycles. The first-order valence-corrected chi connectivity index (χ1v) is 11.5. The summed E-state index contributed by atoms with van der Waals surface area (Å²) in [6.45, 7) is 6.03. The highest BCUT2D eigenvalue weighted by atomic mass is 35.5. The van der Waals surface area contributed by atoms with Crippen LogP contribution in [0.25, 0.3) is 16.9 Å². The van der Waals surface area contributed by atoms with Crippen molar-refractivity contribution in [1.82, 2.24) is 19.5 Å². The Balaban J connectivity index is 1.72. The Morgan fingerprint density at radius 2 is 1.76 bits per heavy atom. The summed E-state index contributed by atoms with van der Waals surface area (Å²) in [7, 11) is 0. The molecule has 2 aliphatic rings. The lowest BCUT2D eigenvalue weighted by Crippen LogP contribution is -2.49. The number of amides is 1. The molecule has 3 aromatic rings. The molecule has 5 nitrogen and oxygen atoms in total. The van der Waals surface area contributed by atoms with E-state index in [0.29, 0.717) is 17.9 Å². The van der Waals surface area contributed by atoms with Crippen LogP contribution in [0.4, 0.5) is 13.2 Å². The number of aromatic nitrogens is 3. The van der Waals surface area contributed by atoms with Gasteiger partial charge in [-0.25, -0.2) is 9.50 Å². The fraction of sp³-hybridized carbons (Fsp3) is 0.458. The van der Waals surface area contributed by atoms with E-state index in [1.54, 1.807) is 17.0 Å². The summed E-state index contributed by atoms with van der Waals surface area (Å²) in [6.07, 6.45) is -2.39. The monoisotopic (exact) mass is 476 g/mol. The molecule has 2 atom stereocenters. The van der Waals surface area contributed by atoms with E-state index in [-0.39, 0.29) is 46.1 Å². The van der Waals surface area contributed by atoms with E-state index in [1.807, 2.05) is 26.0 Å². The number of nitrogens with zero attached hydrogens (tertiary/aromatic N) is 4. The van der Waals surface area contributed by atoms with E-state index in [2.05, 4.69) is 17.0 Å². The SMILES string of the molecule is CC1C[C@H](C)N(C(=O)c2nn3c(C(F)(F)F)c4c(nc3c2Cl)-c2ccccc2CC4)[C@@H](C)C1. The Hall–Kier alpha value is -2.61. The quantitative estimate of drug-likeness (QED) is 0.445. The largest absolute Gasteiger partial charge is 0.433 e. The van der Waals surface area contributed by atoms with Crippen LogP contribution in [0, 0.1) is 5.92 Å². The summed E-state index contributed by atoms with van der Waals surface area (Å²) >= 11 is 6.53. The summed E-state index contributed by atoms with van der Waals surface area (Å²) in [6, 6.07) is 7.17. The van der Waals surface area contributed by atoms with Crippen LogP contribution in [0.3, 0.4) is 0 Å². The molecule has 33 heavy (non-hydrogen) atoms. The minimum absolute atomic E-state index is 0.0627. The van der Waals surface area contributed by atoms with Crippen molar-refractivity contribution in [2.24, 2.45) is 5.92 Å².